The Kier molecular flexibility index (Phi) is 3.12. The Labute approximate surface area is 109 Å². The first-order chi connectivity index (χ1) is 8.70. The summed E-state index contributed by atoms with van der Waals surface area (Å²) in [6.07, 6.45) is 1.73. The molecule has 19 heavy (non-hydrogen) atoms. The SMILES string of the molecule is CS(=O)(=O)c1c(F)ccc(C2(C(=O)O)CCC2)c1F. The smallest absolute Gasteiger partial charge is 0.314 e. The van der Waals surface area contributed by atoms with Gasteiger partial charge in [0, 0.05) is 11.8 Å². The van der Waals surface area contributed by atoms with E-state index in [1.54, 1.807) is 0 Å². The van der Waals surface area contributed by atoms with E-state index in [4.69, 9.17) is 0 Å². The molecule has 1 aliphatic carbocycles. The summed E-state index contributed by atoms with van der Waals surface area (Å²) >= 11 is 0. The van der Waals surface area contributed by atoms with Crippen LogP contribution in [-0.4, -0.2) is 25.7 Å². The lowest BCUT2D eigenvalue weighted by molar-refractivity contribution is -0.147. The first kappa shape index (κ1) is 13.9. The molecule has 0 aromatic heterocycles. The minimum atomic E-state index is -4.10. The van der Waals surface area contributed by atoms with Gasteiger partial charge in [0.25, 0.3) is 0 Å². The van der Waals surface area contributed by atoms with Crippen molar-refractivity contribution in [1.82, 2.24) is 0 Å². The molecule has 1 saturated carbocycles. The van der Waals surface area contributed by atoms with Crippen LogP contribution in [0.15, 0.2) is 17.0 Å². The number of halogens is 2. The zero-order chi connectivity index (χ0) is 14.4. The molecule has 0 spiro atoms. The van der Waals surface area contributed by atoms with E-state index in [1.165, 1.54) is 0 Å². The van der Waals surface area contributed by atoms with Gasteiger partial charge in [0.1, 0.15) is 16.5 Å². The van der Waals surface area contributed by atoms with Crippen LogP contribution in [0, 0.1) is 11.6 Å². The molecule has 2 rings (SSSR count). The highest BCUT2D eigenvalue weighted by Crippen LogP contribution is 2.46. The molecule has 1 fully saturated rings. The van der Waals surface area contributed by atoms with Gasteiger partial charge in [0.05, 0.1) is 5.41 Å². The van der Waals surface area contributed by atoms with Crippen LogP contribution >= 0.6 is 0 Å². The fraction of sp³-hybridized carbons (Fsp3) is 0.417. The van der Waals surface area contributed by atoms with Gasteiger partial charge in [-0.05, 0) is 18.9 Å². The largest absolute Gasteiger partial charge is 0.481 e. The molecular formula is C12H12F2O4S. The summed E-state index contributed by atoms with van der Waals surface area (Å²) in [6, 6.07) is 1.82. The Morgan fingerprint density at radius 1 is 1.32 bits per heavy atom. The van der Waals surface area contributed by atoms with Crippen molar-refractivity contribution >= 4 is 15.8 Å². The number of carboxylic acid groups (broad SMARTS) is 1. The van der Waals surface area contributed by atoms with Crippen LogP contribution in [0.2, 0.25) is 0 Å². The van der Waals surface area contributed by atoms with E-state index >= 15 is 0 Å². The molecular weight excluding hydrogens is 278 g/mol. The van der Waals surface area contributed by atoms with Crippen LogP contribution in [-0.2, 0) is 20.0 Å². The second-order valence-corrected chi connectivity index (χ2v) is 6.70. The molecule has 7 heteroatoms. The predicted octanol–water partition coefficient (Wildman–Crippen LogP) is 1.87. The highest BCUT2D eigenvalue weighted by atomic mass is 32.2. The summed E-state index contributed by atoms with van der Waals surface area (Å²) in [5.74, 6) is -3.71. The summed E-state index contributed by atoms with van der Waals surface area (Å²) < 4.78 is 50.5. The van der Waals surface area contributed by atoms with Crippen molar-refractivity contribution in [3.05, 3.63) is 29.3 Å². The van der Waals surface area contributed by atoms with Gasteiger partial charge in [0.2, 0.25) is 0 Å². The molecule has 0 amide bonds. The summed E-state index contributed by atoms with van der Waals surface area (Å²) in [6.45, 7) is 0. The Morgan fingerprint density at radius 2 is 1.89 bits per heavy atom. The summed E-state index contributed by atoms with van der Waals surface area (Å²) in [7, 11) is -4.10. The van der Waals surface area contributed by atoms with Crippen LogP contribution in [0.5, 0.6) is 0 Å². The molecule has 1 aromatic rings. The minimum Gasteiger partial charge on any atom is -0.481 e. The van der Waals surface area contributed by atoms with Gasteiger partial charge in [-0.15, -0.1) is 0 Å². The third-order valence-electron chi connectivity index (χ3n) is 3.55. The van der Waals surface area contributed by atoms with Crippen LogP contribution in [0.1, 0.15) is 24.8 Å². The molecule has 0 unspecified atom stereocenters. The van der Waals surface area contributed by atoms with Gasteiger partial charge in [-0.3, -0.25) is 4.79 Å². The van der Waals surface area contributed by atoms with E-state index in [0.29, 0.717) is 12.7 Å². The van der Waals surface area contributed by atoms with E-state index in [-0.39, 0.29) is 18.4 Å². The van der Waals surface area contributed by atoms with Crippen LogP contribution in [0.4, 0.5) is 8.78 Å². The second-order valence-electron chi connectivity index (χ2n) is 4.75. The number of aliphatic carboxylic acids is 1. The number of benzene rings is 1. The van der Waals surface area contributed by atoms with E-state index in [9.17, 15) is 27.1 Å². The van der Waals surface area contributed by atoms with Gasteiger partial charge < -0.3 is 5.11 Å². The Bertz CT molecular complexity index is 648. The Hall–Kier alpha value is -1.50. The molecule has 1 N–H and O–H groups in total. The maximum Gasteiger partial charge on any atom is 0.314 e. The topological polar surface area (TPSA) is 71.4 Å². The number of carboxylic acids is 1. The summed E-state index contributed by atoms with van der Waals surface area (Å²) in [5, 5.41) is 9.21. The van der Waals surface area contributed by atoms with E-state index in [0.717, 1.165) is 12.1 Å². The highest BCUT2D eigenvalue weighted by Gasteiger charge is 2.48. The molecule has 4 nitrogen and oxygen atoms in total. The lowest BCUT2D eigenvalue weighted by Gasteiger charge is -2.38. The van der Waals surface area contributed by atoms with Gasteiger partial charge in [-0.25, -0.2) is 17.2 Å². The fourth-order valence-electron chi connectivity index (χ4n) is 2.37. The number of hydrogen-bond acceptors (Lipinski definition) is 3. The monoisotopic (exact) mass is 290 g/mol. The lowest BCUT2D eigenvalue weighted by atomic mass is 9.64. The third-order valence-corrected chi connectivity index (χ3v) is 4.67. The zero-order valence-electron chi connectivity index (χ0n) is 10.1. The molecule has 1 aromatic carbocycles. The average Bonchev–Trinajstić information content (AvgIpc) is 2.16. The Balaban J connectivity index is 2.71. The number of sulfone groups is 1. The first-order valence-electron chi connectivity index (χ1n) is 5.62. The maximum absolute atomic E-state index is 14.2. The van der Waals surface area contributed by atoms with E-state index in [2.05, 4.69) is 0 Å². The number of carbonyl (C=O) groups is 1. The van der Waals surface area contributed by atoms with Crippen molar-refractivity contribution < 1.29 is 27.1 Å². The Morgan fingerprint density at radius 3 is 2.26 bits per heavy atom. The van der Waals surface area contributed by atoms with Gasteiger partial charge >= 0.3 is 5.97 Å². The van der Waals surface area contributed by atoms with Crippen molar-refractivity contribution in [2.24, 2.45) is 0 Å². The molecule has 0 atom stereocenters. The first-order valence-corrected chi connectivity index (χ1v) is 7.51. The lowest BCUT2D eigenvalue weighted by Crippen LogP contribution is -2.43. The number of hydrogen-bond donors (Lipinski definition) is 1. The number of rotatable bonds is 3. The van der Waals surface area contributed by atoms with Crippen LogP contribution in [0.25, 0.3) is 0 Å². The average molecular weight is 290 g/mol. The molecule has 0 saturated heterocycles. The molecule has 0 aliphatic heterocycles. The second kappa shape index (κ2) is 4.26. The maximum atomic E-state index is 14.2. The third kappa shape index (κ3) is 2.01. The van der Waals surface area contributed by atoms with Crippen molar-refractivity contribution in [2.75, 3.05) is 6.26 Å². The molecule has 1 aliphatic rings. The van der Waals surface area contributed by atoms with Gasteiger partial charge in [-0.1, -0.05) is 12.5 Å². The normalized spacial score (nSPS) is 17.8. The van der Waals surface area contributed by atoms with E-state index in [1.807, 2.05) is 0 Å². The van der Waals surface area contributed by atoms with Crippen molar-refractivity contribution in [2.45, 2.75) is 29.6 Å². The van der Waals surface area contributed by atoms with Gasteiger partial charge in [-0.2, -0.15) is 0 Å². The van der Waals surface area contributed by atoms with Crippen molar-refractivity contribution in [1.29, 1.82) is 0 Å². The van der Waals surface area contributed by atoms with Crippen molar-refractivity contribution in [3.8, 4) is 0 Å². The molecule has 0 radical (unpaired) electrons. The fourth-order valence-corrected chi connectivity index (χ4v) is 3.23. The highest BCUT2D eigenvalue weighted by molar-refractivity contribution is 7.90. The predicted molar refractivity (Wildman–Crippen MR) is 62.6 cm³/mol. The van der Waals surface area contributed by atoms with Crippen LogP contribution in [0.3, 0.4) is 0 Å². The standard InChI is InChI=1S/C12H12F2O4S/c1-19(17,18)10-8(13)4-3-7(9(10)14)12(11(15)16)5-2-6-12/h3-4H,2,5-6H2,1H3,(H,15,16). The molecule has 104 valence electrons. The minimum absolute atomic E-state index is 0.216. The summed E-state index contributed by atoms with van der Waals surface area (Å²) in [5.41, 5.74) is -1.69. The van der Waals surface area contributed by atoms with Crippen molar-refractivity contribution in [3.63, 3.8) is 0 Å². The molecule has 0 bridgehead atoms. The molecule has 0 heterocycles. The quantitative estimate of drug-likeness (QED) is 0.922. The van der Waals surface area contributed by atoms with Crippen LogP contribution < -0.4 is 0 Å². The van der Waals surface area contributed by atoms with E-state index < -0.39 is 37.8 Å². The summed E-state index contributed by atoms with van der Waals surface area (Å²) in [4.78, 5) is 10.2. The zero-order valence-corrected chi connectivity index (χ0v) is 10.9. The van der Waals surface area contributed by atoms with Gasteiger partial charge in [0.15, 0.2) is 9.84 Å².